The van der Waals surface area contributed by atoms with Gasteiger partial charge in [0.1, 0.15) is 0 Å². The quantitative estimate of drug-likeness (QED) is 0.368. The van der Waals surface area contributed by atoms with Gasteiger partial charge in [0.25, 0.3) is 0 Å². The van der Waals surface area contributed by atoms with Crippen LogP contribution in [0.1, 0.15) is 64.7 Å². The van der Waals surface area contributed by atoms with Crippen LogP contribution < -0.4 is 10.6 Å². The zero-order chi connectivity index (χ0) is 14.5. The van der Waals surface area contributed by atoms with E-state index < -0.39 is 0 Å². The molecule has 4 heteroatoms. The zero-order valence-corrected chi connectivity index (χ0v) is 13.4. The van der Waals surface area contributed by atoms with Crippen LogP contribution in [-0.2, 0) is 4.74 Å². The first-order valence-electron chi connectivity index (χ1n) is 8.43. The predicted octanol–water partition coefficient (Wildman–Crippen LogP) is 3.08. The van der Waals surface area contributed by atoms with E-state index in [1.165, 1.54) is 51.4 Å². The van der Waals surface area contributed by atoms with Crippen molar-refractivity contribution in [3.63, 3.8) is 0 Å². The van der Waals surface area contributed by atoms with Gasteiger partial charge in [-0.3, -0.25) is 4.99 Å². The van der Waals surface area contributed by atoms with Crippen molar-refractivity contribution >= 4 is 5.96 Å². The van der Waals surface area contributed by atoms with Crippen LogP contribution in [0.25, 0.3) is 0 Å². The van der Waals surface area contributed by atoms with Gasteiger partial charge < -0.3 is 15.4 Å². The van der Waals surface area contributed by atoms with Crippen LogP contribution in [0.3, 0.4) is 0 Å². The van der Waals surface area contributed by atoms with E-state index in [0.29, 0.717) is 6.10 Å². The number of nitrogens with one attached hydrogen (secondary N) is 2. The highest BCUT2D eigenvalue weighted by molar-refractivity contribution is 5.79. The Bertz CT molecular complexity index is 250. The summed E-state index contributed by atoms with van der Waals surface area (Å²) in [4.78, 5) is 4.23. The maximum atomic E-state index is 5.84. The highest BCUT2D eigenvalue weighted by atomic mass is 16.5. The third-order valence-corrected chi connectivity index (χ3v) is 3.82. The Kier molecular flexibility index (Phi) is 10.4. The van der Waals surface area contributed by atoms with E-state index in [9.17, 15) is 0 Å². The van der Waals surface area contributed by atoms with Gasteiger partial charge in [0.15, 0.2) is 5.96 Å². The number of ether oxygens (including phenoxy) is 1. The first-order chi connectivity index (χ1) is 9.86. The van der Waals surface area contributed by atoms with E-state index in [0.717, 1.165) is 32.1 Å². The molecular weight excluding hydrogens is 250 g/mol. The van der Waals surface area contributed by atoms with Crippen LogP contribution in [-0.4, -0.2) is 38.8 Å². The molecule has 0 aromatic rings. The van der Waals surface area contributed by atoms with Crippen molar-refractivity contribution in [3.8, 4) is 0 Å². The van der Waals surface area contributed by atoms with E-state index in [1.807, 2.05) is 7.05 Å². The fourth-order valence-corrected chi connectivity index (χ4v) is 2.56. The topological polar surface area (TPSA) is 45.7 Å². The van der Waals surface area contributed by atoms with Crippen molar-refractivity contribution in [2.45, 2.75) is 70.8 Å². The van der Waals surface area contributed by atoms with Crippen LogP contribution in [0.2, 0.25) is 0 Å². The molecule has 0 amide bonds. The Morgan fingerprint density at radius 1 is 1.05 bits per heavy atom. The maximum Gasteiger partial charge on any atom is 0.190 e. The molecule has 0 aliphatic heterocycles. The molecule has 0 saturated heterocycles. The lowest BCUT2D eigenvalue weighted by Crippen LogP contribution is -2.38. The molecule has 0 aromatic carbocycles. The molecule has 0 unspecified atom stereocenters. The fourth-order valence-electron chi connectivity index (χ4n) is 2.56. The van der Waals surface area contributed by atoms with Gasteiger partial charge in [-0.15, -0.1) is 0 Å². The van der Waals surface area contributed by atoms with E-state index in [-0.39, 0.29) is 0 Å². The van der Waals surface area contributed by atoms with Gasteiger partial charge >= 0.3 is 0 Å². The molecule has 1 aliphatic carbocycles. The van der Waals surface area contributed by atoms with Crippen LogP contribution in [0.4, 0.5) is 0 Å². The number of guanidine groups is 1. The standard InChI is InChI=1S/C16H33N3O/c1-3-4-5-8-12-18-16(17-2)19-13-9-14-20-15-10-6-7-11-15/h15H,3-14H2,1-2H3,(H2,17,18,19). The highest BCUT2D eigenvalue weighted by Gasteiger charge is 2.14. The Morgan fingerprint density at radius 2 is 1.75 bits per heavy atom. The number of unbranched alkanes of at least 4 members (excludes halogenated alkanes) is 3. The van der Waals surface area contributed by atoms with E-state index in [2.05, 4.69) is 22.5 Å². The van der Waals surface area contributed by atoms with Crippen LogP contribution in [0.5, 0.6) is 0 Å². The Labute approximate surface area is 124 Å². The fraction of sp³-hybridized carbons (Fsp3) is 0.938. The molecular formula is C16H33N3O. The summed E-state index contributed by atoms with van der Waals surface area (Å²) in [5.74, 6) is 0.919. The molecule has 1 fully saturated rings. The average molecular weight is 283 g/mol. The van der Waals surface area contributed by atoms with Crippen molar-refractivity contribution in [1.82, 2.24) is 10.6 Å². The summed E-state index contributed by atoms with van der Waals surface area (Å²) in [6.45, 7) is 5.05. The van der Waals surface area contributed by atoms with Gasteiger partial charge in [0, 0.05) is 26.7 Å². The number of hydrogen-bond donors (Lipinski definition) is 2. The van der Waals surface area contributed by atoms with Crippen molar-refractivity contribution < 1.29 is 4.74 Å². The molecule has 1 rings (SSSR count). The summed E-state index contributed by atoms with van der Waals surface area (Å²) in [6.07, 6.45) is 11.9. The lowest BCUT2D eigenvalue weighted by atomic mass is 10.2. The van der Waals surface area contributed by atoms with Crippen LogP contribution >= 0.6 is 0 Å². The number of nitrogens with zero attached hydrogens (tertiary/aromatic N) is 1. The second-order valence-corrected chi connectivity index (χ2v) is 5.62. The Morgan fingerprint density at radius 3 is 2.40 bits per heavy atom. The number of hydrogen-bond acceptors (Lipinski definition) is 2. The largest absolute Gasteiger partial charge is 0.378 e. The van der Waals surface area contributed by atoms with Crippen molar-refractivity contribution in [2.24, 2.45) is 4.99 Å². The molecule has 1 aliphatic rings. The normalized spacial score (nSPS) is 16.6. The molecule has 0 aromatic heterocycles. The predicted molar refractivity (Wildman–Crippen MR) is 86.3 cm³/mol. The first-order valence-corrected chi connectivity index (χ1v) is 8.43. The van der Waals surface area contributed by atoms with Crippen molar-refractivity contribution in [1.29, 1.82) is 0 Å². The summed E-state index contributed by atoms with van der Waals surface area (Å²) in [6, 6.07) is 0. The Hall–Kier alpha value is -0.770. The minimum atomic E-state index is 0.533. The third kappa shape index (κ3) is 8.41. The monoisotopic (exact) mass is 283 g/mol. The molecule has 20 heavy (non-hydrogen) atoms. The molecule has 118 valence electrons. The summed E-state index contributed by atoms with van der Waals surface area (Å²) in [5, 5.41) is 6.70. The van der Waals surface area contributed by atoms with Crippen LogP contribution in [0.15, 0.2) is 4.99 Å². The molecule has 0 spiro atoms. The molecule has 0 heterocycles. The number of rotatable bonds is 10. The van der Waals surface area contributed by atoms with Crippen molar-refractivity contribution in [3.05, 3.63) is 0 Å². The zero-order valence-electron chi connectivity index (χ0n) is 13.4. The lowest BCUT2D eigenvalue weighted by molar-refractivity contribution is 0.0574. The van der Waals surface area contributed by atoms with Gasteiger partial charge in [-0.25, -0.2) is 0 Å². The third-order valence-electron chi connectivity index (χ3n) is 3.82. The molecule has 0 radical (unpaired) electrons. The average Bonchev–Trinajstić information content (AvgIpc) is 2.97. The molecule has 0 bridgehead atoms. The van der Waals surface area contributed by atoms with E-state index in [4.69, 9.17) is 4.74 Å². The summed E-state index contributed by atoms with van der Waals surface area (Å²) in [7, 11) is 1.83. The summed E-state index contributed by atoms with van der Waals surface area (Å²) < 4.78 is 5.84. The van der Waals surface area contributed by atoms with E-state index in [1.54, 1.807) is 0 Å². The van der Waals surface area contributed by atoms with E-state index >= 15 is 0 Å². The van der Waals surface area contributed by atoms with Crippen LogP contribution in [0, 0.1) is 0 Å². The smallest absolute Gasteiger partial charge is 0.190 e. The summed E-state index contributed by atoms with van der Waals surface area (Å²) >= 11 is 0. The van der Waals surface area contributed by atoms with Gasteiger partial charge in [0.05, 0.1) is 6.10 Å². The molecule has 0 atom stereocenters. The SMILES string of the molecule is CCCCCCNC(=NC)NCCCOC1CCCC1. The van der Waals surface area contributed by atoms with Gasteiger partial charge in [-0.05, 0) is 25.7 Å². The Balaban J connectivity index is 1.92. The summed E-state index contributed by atoms with van der Waals surface area (Å²) in [5.41, 5.74) is 0. The van der Waals surface area contributed by atoms with Gasteiger partial charge in [0.2, 0.25) is 0 Å². The second-order valence-electron chi connectivity index (χ2n) is 5.62. The maximum absolute atomic E-state index is 5.84. The van der Waals surface area contributed by atoms with Gasteiger partial charge in [-0.2, -0.15) is 0 Å². The van der Waals surface area contributed by atoms with Gasteiger partial charge in [-0.1, -0.05) is 39.0 Å². The lowest BCUT2D eigenvalue weighted by Gasteiger charge is -2.13. The minimum Gasteiger partial charge on any atom is -0.378 e. The second kappa shape index (κ2) is 12.0. The number of aliphatic imine (C=N–C) groups is 1. The highest BCUT2D eigenvalue weighted by Crippen LogP contribution is 2.20. The molecule has 2 N–H and O–H groups in total. The minimum absolute atomic E-state index is 0.533. The molecule has 1 saturated carbocycles. The first kappa shape index (κ1) is 17.3. The van der Waals surface area contributed by atoms with Crippen molar-refractivity contribution in [2.75, 3.05) is 26.7 Å². The molecule has 4 nitrogen and oxygen atoms in total.